The second-order valence-corrected chi connectivity index (χ2v) is 4.52. The lowest BCUT2D eigenvalue weighted by atomic mass is 10.1. The van der Waals surface area contributed by atoms with E-state index in [-0.39, 0.29) is 13.2 Å². The molecular formula is C13H17NO4. The van der Waals surface area contributed by atoms with Gasteiger partial charge in [-0.05, 0) is 24.3 Å². The number of hydrogen-bond acceptors (Lipinski definition) is 5. The standard InChI is InChI=1S/C13H17NO4/c1-14(2)9-3-5-10(6-4-9)18-13(16)11-7-17-8-12(11)15/h3-6,11-12,15H,7-8H2,1-2H3/t11-,12+/m0/s1. The highest BCUT2D eigenvalue weighted by molar-refractivity contribution is 5.76. The average Bonchev–Trinajstić information content (AvgIpc) is 2.76. The van der Waals surface area contributed by atoms with Crippen LogP contribution in [-0.2, 0) is 9.53 Å². The molecule has 0 aliphatic carbocycles. The van der Waals surface area contributed by atoms with E-state index in [1.54, 1.807) is 12.1 Å². The van der Waals surface area contributed by atoms with Crippen molar-refractivity contribution in [3.05, 3.63) is 24.3 Å². The van der Waals surface area contributed by atoms with Crippen molar-refractivity contribution in [1.82, 2.24) is 0 Å². The van der Waals surface area contributed by atoms with Crippen molar-refractivity contribution >= 4 is 11.7 Å². The van der Waals surface area contributed by atoms with Gasteiger partial charge < -0.3 is 19.5 Å². The van der Waals surface area contributed by atoms with Gasteiger partial charge in [-0.25, -0.2) is 0 Å². The smallest absolute Gasteiger partial charge is 0.319 e. The molecule has 18 heavy (non-hydrogen) atoms. The van der Waals surface area contributed by atoms with E-state index < -0.39 is 18.0 Å². The van der Waals surface area contributed by atoms with Crippen LogP contribution in [0.25, 0.3) is 0 Å². The third-order valence-corrected chi connectivity index (χ3v) is 2.92. The van der Waals surface area contributed by atoms with Crippen LogP contribution >= 0.6 is 0 Å². The van der Waals surface area contributed by atoms with Crippen molar-refractivity contribution in [3.63, 3.8) is 0 Å². The Morgan fingerprint density at radius 1 is 1.33 bits per heavy atom. The predicted molar refractivity (Wildman–Crippen MR) is 66.7 cm³/mol. The van der Waals surface area contributed by atoms with Crippen molar-refractivity contribution in [1.29, 1.82) is 0 Å². The van der Waals surface area contributed by atoms with Crippen LogP contribution in [0.1, 0.15) is 0 Å². The summed E-state index contributed by atoms with van der Waals surface area (Å²) in [7, 11) is 3.88. The van der Waals surface area contributed by atoms with E-state index in [1.165, 1.54) is 0 Å². The SMILES string of the molecule is CN(C)c1ccc(OC(=O)[C@H]2COC[C@H]2O)cc1. The largest absolute Gasteiger partial charge is 0.426 e. The van der Waals surface area contributed by atoms with Gasteiger partial charge in [0, 0.05) is 19.8 Å². The predicted octanol–water partition coefficient (Wildman–Crippen LogP) is 0.665. The number of carbonyl (C=O) groups is 1. The number of hydrogen-bond donors (Lipinski definition) is 1. The number of aliphatic hydroxyl groups excluding tert-OH is 1. The highest BCUT2D eigenvalue weighted by Crippen LogP contribution is 2.21. The summed E-state index contributed by atoms with van der Waals surface area (Å²) in [4.78, 5) is 13.7. The summed E-state index contributed by atoms with van der Waals surface area (Å²) in [6.07, 6.45) is -0.765. The van der Waals surface area contributed by atoms with Crippen molar-refractivity contribution in [2.75, 3.05) is 32.2 Å². The summed E-state index contributed by atoms with van der Waals surface area (Å²) in [5, 5.41) is 9.52. The Balaban J connectivity index is 1.98. The summed E-state index contributed by atoms with van der Waals surface area (Å²) in [5.74, 6) is -0.555. The van der Waals surface area contributed by atoms with Crippen molar-refractivity contribution < 1.29 is 19.4 Å². The van der Waals surface area contributed by atoms with Crippen molar-refractivity contribution in [3.8, 4) is 5.75 Å². The van der Waals surface area contributed by atoms with E-state index in [0.717, 1.165) is 5.69 Å². The topological polar surface area (TPSA) is 59.0 Å². The van der Waals surface area contributed by atoms with Crippen molar-refractivity contribution in [2.24, 2.45) is 5.92 Å². The maximum atomic E-state index is 11.8. The van der Waals surface area contributed by atoms with Gasteiger partial charge in [-0.2, -0.15) is 0 Å². The lowest BCUT2D eigenvalue weighted by Crippen LogP contribution is -2.30. The minimum atomic E-state index is -0.765. The average molecular weight is 251 g/mol. The molecule has 5 heteroatoms. The van der Waals surface area contributed by atoms with E-state index in [2.05, 4.69) is 0 Å². The molecular weight excluding hydrogens is 234 g/mol. The number of rotatable bonds is 3. The maximum absolute atomic E-state index is 11.8. The fourth-order valence-electron chi connectivity index (χ4n) is 1.77. The molecule has 98 valence electrons. The van der Waals surface area contributed by atoms with Gasteiger partial charge in [-0.1, -0.05) is 0 Å². The molecule has 0 amide bonds. The molecule has 1 aromatic carbocycles. The third-order valence-electron chi connectivity index (χ3n) is 2.92. The quantitative estimate of drug-likeness (QED) is 0.632. The molecule has 1 aliphatic heterocycles. The first-order valence-corrected chi connectivity index (χ1v) is 5.83. The summed E-state index contributed by atoms with van der Waals surface area (Å²) in [5.41, 5.74) is 1.03. The summed E-state index contributed by atoms with van der Waals surface area (Å²) < 4.78 is 10.2. The fraction of sp³-hybridized carbons (Fsp3) is 0.462. The van der Waals surface area contributed by atoms with E-state index in [1.807, 2.05) is 31.1 Å². The molecule has 0 unspecified atom stereocenters. The van der Waals surface area contributed by atoms with Crippen LogP contribution in [-0.4, -0.2) is 44.5 Å². The number of esters is 1. The first-order chi connectivity index (χ1) is 8.58. The van der Waals surface area contributed by atoms with Crippen LogP contribution < -0.4 is 9.64 Å². The minimum absolute atomic E-state index is 0.194. The molecule has 1 aromatic rings. The molecule has 1 fully saturated rings. The first-order valence-electron chi connectivity index (χ1n) is 5.83. The maximum Gasteiger partial charge on any atom is 0.319 e. The second-order valence-electron chi connectivity index (χ2n) is 4.52. The Labute approximate surface area is 106 Å². The van der Waals surface area contributed by atoms with Gasteiger partial charge in [0.1, 0.15) is 11.7 Å². The van der Waals surface area contributed by atoms with Gasteiger partial charge in [0.25, 0.3) is 0 Å². The molecule has 5 nitrogen and oxygen atoms in total. The van der Waals surface area contributed by atoms with E-state index >= 15 is 0 Å². The molecule has 1 aliphatic rings. The van der Waals surface area contributed by atoms with Gasteiger partial charge in [0.05, 0.1) is 19.3 Å². The van der Waals surface area contributed by atoms with Crippen LogP contribution in [0.5, 0.6) is 5.75 Å². The van der Waals surface area contributed by atoms with Gasteiger partial charge in [-0.15, -0.1) is 0 Å². The zero-order valence-corrected chi connectivity index (χ0v) is 10.5. The minimum Gasteiger partial charge on any atom is -0.426 e. The zero-order valence-electron chi connectivity index (χ0n) is 10.5. The molecule has 2 atom stereocenters. The molecule has 2 rings (SSSR count). The number of aliphatic hydroxyl groups is 1. The lowest BCUT2D eigenvalue weighted by Gasteiger charge is -2.14. The summed E-state index contributed by atoms with van der Waals surface area (Å²) >= 11 is 0. The molecule has 0 radical (unpaired) electrons. The molecule has 0 saturated carbocycles. The number of carbonyl (C=O) groups excluding carboxylic acids is 1. The van der Waals surface area contributed by atoms with Crippen molar-refractivity contribution in [2.45, 2.75) is 6.10 Å². The van der Waals surface area contributed by atoms with E-state index in [9.17, 15) is 9.90 Å². The lowest BCUT2D eigenvalue weighted by molar-refractivity contribution is -0.141. The van der Waals surface area contributed by atoms with Gasteiger partial charge in [0.2, 0.25) is 0 Å². The third kappa shape index (κ3) is 2.80. The normalized spacial score (nSPS) is 22.8. The van der Waals surface area contributed by atoms with Crippen LogP contribution in [0, 0.1) is 5.92 Å². The Hall–Kier alpha value is -1.59. The number of ether oxygens (including phenoxy) is 2. The van der Waals surface area contributed by atoms with Crippen LogP contribution in [0.3, 0.4) is 0 Å². The fourth-order valence-corrected chi connectivity index (χ4v) is 1.77. The Bertz CT molecular complexity index is 416. The highest BCUT2D eigenvalue weighted by atomic mass is 16.5. The molecule has 1 N–H and O–H groups in total. The molecule has 1 saturated heterocycles. The molecule has 1 heterocycles. The van der Waals surface area contributed by atoms with E-state index in [4.69, 9.17) is 9.47 Å². The van der Waals surface area contributed by atoms with Crippen LogP contribution in [0.15, 0.2) is 24.3 Å². The van der Waals surface area contributed by atoms with Gasteiger partial charge >= 0.3 is 5.97 Å². The number of benzene rings is 1. The van der Waals surface area contributed by atoms with Crippen LogP contribution in [0.4, 0.5) is 5.69 Å². The summed E-state index contributed by atoms with van der Waals surface area (Å²) in [6, 6.07) is 7.19. The second kappa shape index (κ2) is 5.37. The Morgan fingerprint density at radius 3 is 2.50 bits per heavy atom. The number of nitrogens with zero attached hydrogens (tertiary/aromatic N) is 1. The van der Waals surface area contributed by atoms with E-state index in [0.29, 0.717) is 5.75 Å². The molecule has 0 spiro atoms. The molecule has 0 aromatic heterocycles. The highest BCUT2D eigenvalue weighted by Gasteiger charge is 2.34. The van der Waals surface area contributed by atoms with Gasteiger partial charge in [-0.3, -0.25) is 4.79 Å². The van der Waals surface area contributed by atoms with Gasteiger partial charge in [0.15, 0.2) is 0 Å². The zero-order chi connectivity index (χ0) is 13.1. The number of anilines is 1. The molecule has 0 bridgehead atoms. The Kier molecular flexibility index (Phi) is 3.84. The first kappa shape index (κ1) is 12.9. The van der Waals surface area contributed by atoms with Crippen LogP contribution in [0.2, 0.25) is 0 Å². The summed E-state index contributed by atoms with van der Waals surface area (Å²) in [6.45, 7) is 0.412. The Morgan fingerprint density at radius 2 is 2.00 bits per heavy atom. The monoisotopic (exact) mass is 251 g/mol.